The van der Waals surface area contributed by atoms with Crippen molar-refractivity contribution in [1.29, 1.82) is 5.26 Å². The topological polar surface area (TPSA) is 33.0 Å². The molecule has 0 heterocycles. The van der Waals surface area contributed by atoms with Gasteiger partial charge in [-0.05, 0) is 43.7 Å². The van der Waals surface area contributed by atoms with E-state index in [0.717, 1.165) is 29.7 Å². The predicted molar refractivity (Wildman–Crippen MR) is 72.7 cm³/mol. The third-order valence-electron chi connectivity index (χ3n) is 3.61. The lowest BCUT2D eigenvalue weighted by atomic mass is 9.95. The van der Waals surface area contributed by atoms with Gasteiger partial charge in [0.1, 0.15) is 5.75 Å². The van der Waals surface area contributed by atoms with Crippen molar-refractivity contribution in [2.75, 3.05) is 0 Å². The molecule has 1 aromatic rings. The van der Waals surface area contributed by atoms with E-state index >= 15 is 0 Å². The summed E-state index contributed by atoms with van der Waals surface area (Å²) in [5.74, 6) is 1.23. The zero-order chi connectivity index (χ0) is 13.0. The molecule has 1 saturated carbocycles. The summed E-state index contributed by atoms with van der Waals surface area (Å²) in [5.41, 5.74) is 1.81. The smallest absolute Gasteiger partial charge is 0.124 e. The second-order valence-electron chi connectivity index (χ2n) is 5.36. The number of hydrogen-bond acceptors (Lipinski definition) is 2. The van der Waals surface area contributed by atoms with Gasteiger partial charge < -0.3 is 4.74 Å². The minimum atomic E-state index is 0.319. The molecule has 1 aliphatic carbocycles. The minimum absolute atomic E-state index is 0.319. The molecule has 1 aliphatic rings. The number of ether oxygens (including phenoxy) is 1. The summed E-state index contributed by atoms with van der Waals surface area (Å²) in [7, 11) is 0. The van der Waals surface area contributed by atoms with Gasteiger partial charge in [-0.15, -0.1) is 0 Å². The average molecular weight is 243 g/mol. The largest absolute Gasteiger partial charge is 0.490 e. The van der Waals surface area contributed by atoms with Gasteiger partial charge in [-0.25, -0.2) is 0 Å². The van der Waals surface area contributed by atoms with Gasteiger partial charge in [0, 0.05) is 5.56 Å². The Hall–Kier alpha value is -1.49. The Morgan fingerprint density at radius 1 is 1.22 bits per heavy atom. The molecule has 2 nitrogen and oxygen atoms in total. The van der Waals surface area contributed by atoms with Crippen LogP contribution < -0.4 is 4.74 Å². The van der Waals surface area contributed by atoms with Crippen molar-refractivity contribution < 1.29 is 4.74 Å². The maximum absolute atomic E-state index is 9.19. The van der Waals surface area contributed by atoms with E-state index in [9.17, 15) is 5.26 Å². The van der Waals surface area contributed by atoms with Crippen LogP contribution in [-0.2, 0) is 0 Å². The van der Waals surface area contributed by atoms with Crippen molar-refractivity contribution in [2.24, 2.45) is 0 Å². The normalized spacial score (nSPS) is 16.6. The highest BCUT2D eigenvalue weighted by atomic mass is 16.5. The molecule has 2 rings (SSSR count). The van der Waals surface area contributed by atoms with E-state index in [-0.39, 0.29) is 0 Å². The van der Waals surface area contributed by atoms with E-state index < -0.39 is 0 Å². The molecule has 0 atom stereocenters. The zero-order valence-electron chi connectivity index (χ0n) is 11.3. The van der Waals surface area contributed by atoms with Gasteiger partial charge in [0.25, 0.3) is 0 Å². The highest BCUT2D eigenvalue weighted by Crippen LogP contribution is 2.32. The number of hydrogen-bond donors (Lipinski definition) is 0. The monoisotopic (exact) mass is 243 g/mol. The maximum Gasteiger partial charge on any atom is 0.124 e. The molecule has 0 bridgehead atoms. The van der Waals surface area contributed by atoms with Gasteiger partial charge in [-0.3, -0.25) is 0 Å². The van der Waals surface area contributed by atoms with Gasteiger partial charge >= 0.3 is 0 Å². The number of rotatable bonds is 3. The van der Waals surface area contributed by atoms with Crippen LogP contribution in [0.25, 0.3) is 0 Å². The van der Waals surface area contributed by atoms with Crippen molar-refractivity contribution in [1.82, 2.24) is 0 Å². The van der Waals surface area contributed by atoms with E-state index in [1.54, 1.807) is 0 Å². The highest BCUT2D eigenvalue weighted by molar-refractivity contribution is 5.48. The molecule has 18 heavy (non-hydrogen) atoms. The quantitative estimate of drug-likeness (QED) is 0.788. The highest BCUT2D eigenvalue weighted by Gasteiger charge is 2.19. The molecule has 0 aromatic heterocycles. The van der Waals surface area contributed by atoms with E-state index in [4.69, 9.17) is 4.74 Å². The van der Waals surface area contributed by atoms with Crippen LogP contribution in [0.15, 0.2) is 18.2 Å². The Morgan fingerprint density at radius 2 is 1.94 bits per heavy atom. The summed E-state index contributed by atoms with van der Waals surface area (Å²) >= 11 is 0. The first-order valence-corrected chi connectivity index (χ1v) is 6.92. The Labute approximate surface area is 110 Å². The van der Waals surface area contributed by atoms with Crippen LogP contribution in [0.3, 0.4) is 0 Å². The second-order valence-corrected chi connectivity index (χ2v) is 5.36. The predicted octanol–water partition coefficient (Wildman–Crippen LogP) is 4.39. The van der Waals surface area contributed by atoms with Crippen molar-refractivity contribution in [2.45, 2.75) is 58.0 Å². The average Bonchev–Trinajstić information content (AvgIpc) is 2.39. The Bertz CT molecular complexity index is 439. The van der Waals surface area contributed by atoms with Crippen molar-refractivity contribution in [3.63, 3.8) is 0 Å². The number of nitrogens with zero attached hydrogens (tertiary/aromatic N) is 1. The first-order chi connectivity index (χ1) is 8.72. The molecule has 0 saturated heterocycles. The standard InChI is InChI=1S/C16H21NO/c1-12(2)16-13(11-17)7-6-10-15(16)18-14-8-4-3-5-9-14/h6-7,10,12,14H,3-5,8-9H2,1-2H3. The van der Waals surface area contributed by atoms with E-state index in [0.29, 0.717) is 12.0 Å². The third-order valence-corrected chi connectivity index (χ3v) is 3.61. The van der Waals surface area contributed by atoms with Crippen LogP contribution in [0.2, 0.25) is 0 Å². The number of nitriles is 1. The van der Waals surface area contributed by atoms with Gasteiger partial charge in [-0.1, -0.05) is 26.3 Å². The Morgan fingerprint density at radius 3 is 2.56 bits per heavy atom. The molecule has 0 aliphatic heterocycles. The van der Waals surface area contributed by atoms with E-state index in [1.807, 2.05) is 18.2 Å². The summed E-state index contributed by atoms with van der Waals surface area (Å²) < 4.78 is 6.14. The lowest BCUT2D eigenvalue weighted by molar-refractivity contribution is 0.153. The van der Waals surface area contributed by atoms with E-state index in [1.165, 1.54) is 19.3 Å². The molecule has 0 amide bonds. The van der Waals surface area contributed by atoms with Crippen LogP contribution in [-0.4, -0.2) is 6.10 Å². The summed E-state index contributed by atoms with van der Waals surface area (Å²) in [5, 5.41) is 9.19. The molecular weight excluding hydrogens is 222 g/mol. The molecule has 2 heteroatoms. The number of benzene rings is 1. The van der Waals surface area contributed by atoms with E-state index in [2.05, 4.69) is 19.9 Å². The van der Waals surface area contributed by atoms with Gasteiger partial charge in [0.2, 0.25) is 0 Å². The van der Waals surface area contributed by atoms with Crippen LogP contribution in [0.4, 0.5) is 0 Å². The minimum Gasteiger partial charge on any atom is -0.490 e. The summed E-state index contributed by atoms with van der Waals surface area (Å²) in [6.07, 6.45) is 6.49. The first-order valence-electron chi connectivity index (χ1n) is 6.92. The molecule has 1 aromatic carbocycles. The Balaban J connectivity index is 2.23. The lowest BCUT2D eigenvalue weighted by Crippen LogP contribution is -2.20. The van der Waals surface area contributed by atoms with Crippen molar-refractivity contribution in [3.8, 4) is 11.8 Å². The van der Waals surface area contributed by atoms with Crippen LogP contribution in [0.5, 0.6) is 5.75 Å². The van der Waals surface area contributed by atoms with Gasteiger partial charge in [0.15, 0.2) is 0 Å². The summed E-state index contributed by atoms with van der Waals surface area (Å²) in [4.78, 5) is 0. The van der Waals surface area contributed by atoms with Crippen LogP contribution >= 0.6 is 0 Å². The second kappa shape index (κ2) is 5.91. The maximum atomic E-state index is 9.19. The third kappa shape index (κ3) is 2.85. The SMILES string of the molecule is CC(C)c1c(C#N)cccc1OC1CCCCC1. The zero-order valence-corrected chi connectivity index (χ0v) is 11.3. The van der Waals surface area contributed by atoms with Crippen molar-refractivity contribution in [3.05, 3.63) is 29.3 Å². The molecule has 1 fully saturated rings. The lowest BCUT2D eigenvalue weighted by Gasteiger charge is -2.25. The fourth-order valence-corrected chi connectivity index (χ4v) is 2.70. The molecule has 0 N–H and O–H groups in total. The summed E-state index contributed by atoms with van der Waals surface area (Å²) in [6.45, 7) is 4.23. The molecule has 96 valence electrons. The fraction of sp³-hybridized carbons (Fsp3) is 0.562. The van der Waals surface area contributed by atoms with Crippen molar-refractivity contribution >= 4 is 0 Å². The van der Waals surface area contributed by atoms with Crippen LogP contribution in [0, 0.1) is 11.3 Å². The van der Waals surface area contributed by atoms with Gasteiger partial charge in [-0.2, -0.15) is 5.26 Å². The molecule has 0 radical (unpaired) electrons. The fourth-order valence-electron chi connectivity index (χ4n) is 2.70. The molecular formula is C16H21NO. The Kier molecular flexibility index (Phi) is 4.25. The summed E-state index contributed by atoms with van der Waals surface area (Å²) in [6, 6.07) is 8.08. The van der Waals surface area contributed by atoms with Crippen LogP contribution in [0.1, 0.15) is 63.0 Å². The molecule has 0 unspecified atom stereocenters. The first kappa shape index (κ1) is 13.0. The molecule has 0 spiro atoms. The van der Waals surface area contributed by atoms with Gasteiger partial charge in [0.05, 0.1) is 17.7 Å².